The summed E-state index contributed by atoms with van der Waals surface area (Å²) in [6, 6.07) is 0. The van der Waals surface area contributed by atoms with Crippen LogP contribution in [-0.4, -0.2) is 30.4 Å². The number of hydrogen-bond donors (Lipinski definition) is 0. The van der Waals surface area contributed by atoms with Crippen molar-refractivity contribution in [2.75, 3.05) is 0 Å². The Morgan fingerprint density at radius 1 is 0.476 bits per heavy atom. The van der Waals surface area contributed by atoms with E-state index in [4.69, 9.17) is 0 Å². The highest BCUT2D eigenvalue weighted by molar-refractivity contribution is 5.18. The van der Waals surface area contributed by atoms with E-state index in [1.54, 1.807) is 6.58 Å². The van der Waals surface area contributed by atoms with E-state index in [0.717, 1.165) is 0 Å². The Kier molecular flexibility index (Phi) is 4.40. The molecule has 126 valence electrons. The zero-order valence-corrected chi connectivity index (χ0v) is 9.20. The molecule has 0 aromatic rings. The molecule has 0 saturated carbocycles. The first kappa shape index (κ1) is 19.8. The van der Waals surface area contributed by atoms with Crippen molar-refractivity contribution in [2.45, 2.75) is 30.4 Å². The summed E-state index contributed by atoms with van der Waals surface area (Å²) in [6.45, 7) is 1.71. The van der Waals surface area contributed by atoms with Crippen molar-refractivity contribution in [3.63, 3.8) is 0 Å². The van der Waals surface area contributed by atoms with Crippen LogP contribution in [-0.2, 0) is 0 Å². The first-order valence-electron chi connectivity index (χ1n) is 4.40. The van der Waals surface area contributed by atoms with Crippen LogP contribution in [0.5, 0.6) is 0 Å². The fourth-order valence-corrected chi connectivity index (χ4v) is 1.30. The van der Waals surface area contributed by atoms with E-state index < -0.39 is 41.9 Å². The number of hydrogen-bond acceptors (Lipinski definition) is 0. The summed E-state index contributed by atoms with van der Waals surface area (Å²) in [5.41, 5.74) is -6.79. The largest absolute Gasteiger partial charge is 0.459 e. The van der Waals surface area contributed by atoms with Crippen LogP contribution in [0.25, 0.3) is 0 Å². The van der Waals surface area contributed by atoms with Crippen molar-refractivity contribution in [3.8, 4) is 0 Å². The lowest BCUT2D eigenvalue weighted by Crippen LogP contribution is -2.69. The molecule has 0 nitrogen and oxygen atoms in total. The highest BCUT2D eigenvalue weighted by Gasteiger charge is 2.91. The number of alkyl halides is 13. The average molecular weight is 346 g/mol. The molecule has 0 aromatic carbocycles. The molecule has 0 radical (unpaired) electrons. The van der Waals surface area contributed by atoms with Gasteiger partial charge in [0.1, 0.15) is 0 Å². The van der Waals surface area contributed by atoms with E-state index in [-0.39, 0.29) is 0 Å². The molecule has 0 heterocycles. The van der Waals surface area contributed by atoms with E-state index in [9.17, 15) is 57.1 Å². The summed E-state index contributed by atoms with van der Waals surface area (Å²) in [6.07, 6.45) is -23.5. The first-order chi connectivity index (χ1) is 8.81. The Bertz CT molecular complexity index is 378. The fourth-order valence-electron chi connectivity index (χ4n) is 1.30. The quantitative estimate of drug-likeness (QED) is 0.492. The standard InChI is InChI=1S/C8H3F13/c1-2-3(6(13,14)15,7(16,17)18)4(9,10)5(11,12)8(19,20)21/h2H,1H2. The Labute approximate surface area is 107 Å². The number of allylic oxidation sites excluding steroid dienone is 1. The van der Waals surface area contributed by atoms with Gasteiger partial charge in [-0.3, -0.25) is 0 Å². The number of halogens is 13. The van der Waals surface area contributed by atoms with Crippen molar-refractivity contribution in [1.29, 1.82) is 0 Å². The SMILES string of the molecule is C=CC(C(F)(F)F)(C(F)(F)F)C(F)(F)C(F)(F)C(F)(F)F. The van der Waals surface area contributed by atoms with Gasteiger partial charge >= 0.3 is 30.4 Å². The Hall–Kier alpha value is -1.17. The third-order valence-electron chi connectivity index (χ3n) is 2.45. The van der Waals surface area contributed by atoms with E-state index in [1.165, 1.54) is 0 Å². The summed E-state index contributed by atoms with van der Waals surface area (Å²) in [5, 5.41) is 0. The van der Waals surface area contributed by atoms with Gasteiger partial charge in [-0.2, -0.15) is 57.1 Å². The fraction of sp³-hybridized carbons (Fsp3) is 0.750. The van der Waals surface area contributed by atoms with Gasteiger partial charge in [-0.15, -0.1) is 6.58 Å². The van der Waals surface area contributed by atoms with Crippen LogP contribution in [0, 0.1) is 5.41 Å². The third-order valence-corrected chi connectivity index (χ3v) is 2.45. The van der Waals surface area contributed by atoms with Crippen molar-refractivity contribution in [1.82, 2.24) is 0 Å². The van der Waals surface area contributed by atoms with Crippen molar-refractivity contribution in [2.24, 2.45) is 5.41 Å². The molecule has 0 N–H and O–H groups in total. The zero-order valence-electron chi connectivity index (χ0n) is 9.20. The molecular weight excluding hydrogens is 343 g/mol. The molecule has 0 bridgehead atoms. The smallest absolute Gasteiger partial charge is 0.198 e. The van der Waals surface area contributed by atoms with Crippen LogP contribution >= 0.6 is 0 Å². The van der Waals surface area contributed by atoms with Gasteiger partial charge in [0.25, 0.3) is 0 Å². The van der Waals surface area contributed by atoms with Gasteiger partial charge in [0, 0.05) is 0 Å². The molecule has 0 amide bonds. The topological polar surface area (TPSA) is 0 Å². The van der Waals surface area contributed by atoms with Crippen LogP contribution < -0.4 is 0 Å². The second-order valence-electron chi connectivity index (χ2n) is 3.65. The first-order valence-corrected chi connectivity index (χ1v) is 4.40. The van der Waals surface area contributed by atoms with E-state index >= 15 is 0 Å². The highest BCUT2D eigenvalue weighted by atomic mass is 19.4. The molecule has 0 aromatic heterocycles. The van der Waals surface area contributed by atoms with Crippen LogP contribution in [0.4, 0.5) is 57.1 Å². The molecule has 0 rings (SSSR count). The molecule has 0 spiro atoms. The maximum atomic E-state index is 13.0. The van der Waals surface area contributed by atoms with Gasteiger partial charge in [0.05, 0.1) is 0 Å². The Morgan fingerprint density at radius 2 is 0.762 bits per heavy atom. The summed E-state index contributed by atoms with van der Waals surface area (Å²) in [5.74, 6) is -15.2. The maximum absolute atomic E-state index is 13.0. The number of rotatable bonds is 3. The Morgan fingerprint density at radius 3 is 0.905 bits per heavy atom. The van der Waals surface area contributed by atoms with E-state index in [2.05, 4.69) is 0 Å². The molecule has 0 aliphatic heterocycles. The lowest BCUT2D eigenvalue weighted by atomic mass is 9.76. The molecule has 0 saturated heterocycles. The van der Waals surface area contributed by atoms with Crippen LogP contribution in [0.2, 0.25) is 0 Å². The second-order valence-corrected chi connectivity index (χ2v) is 3.65. The average Bonchev–Trinajstić information content (AvgIpc) is 2.11. The van der Waals surface area contributed by atoms with Gasteiger partial charge in [-0.05, 0) is 0 Å². The van der Waals surface area contributed by atoms with Gasteiger partial charge in [0.2, 0.25) is 5.41 Å². The summed E-state index contributed by atoms with van der Waals surface area (Å²) in [4.78, 5) is 0. The highest BCUT2D eigenvalue weighted by Crippen LogP contribution is 2.65. The molecule has 0 atom stereocenters. The van der Waals surface area contributed by atoms with Gasteiger partial charge in [-0.25, -0.2) is 0 Å². The van der Waals surface area contributed by atoms with E-state index in [0.29, 0.717) is 0 Å². The molecule has 0 unspecified atom stereocenters. The zero-order chi connectivity index (χ0) is 17.7. The third kappa shape index (κ3) is 2.43. The minimum atomic E-state index is -7.61. The molecular formula is C8H3F13. The Balaban J connectivity index is 6.68. The minimum Gasteiger partial charge on any atom is -0.198 e. The lowest BCUT2D eigenvalue weighted by molar-refractivity contribution is -0.445. The normalized spacial score (nSPS) is 16.0. The lowest BCUT2D eigenvalue weighted by Gasteiger charge is -2.43. The van der Waals surface area contributed by atoms with Crippen molar-refractivity contribution in [3.05, 3.63) is 12.7 Å². The predicted molar refractivity (Wildman–Crippen MR) is 40.7 cm³/mol. The van der Waals surface area contributed by atoms with Crippen molar-refractivity contribution >= 4 is 0 Å². The molecule has 0 aliphatic carbocycles. The van der Waals surface area contributed by atoms with Crippen LogP contribution in [0.1, 0.15) is 0 Å². The molecule has 13 heteroatoms. The molecule has 0 aliphatic rings. The van der Waals surface area contributed by atoms with Crippen LogP contribution in [0.15, 0.2) is 12.7 Å². The summed E-state index contributed by atoms with van der Waals surface area (Å²) in [7, 11) is 0. The maximum Gasteiger partial charge on any atom is 0.459 e. The van der Waals surface area contributed by atoms with E-state index in [1.807, 2.05) is 0 Å². The van der Waals surface area contributed by atoms with Gasteiger partial charge in [0.15, 0.2) is 0 Å². The summed E-state index contributed by atoms with van der Waals surface area (Å²) >= 11 is 0. The van der Waals surface area contributed by atoms with Crippen LogP contribution in [0.3, 0.4) is 0 Å². The second kappa shape index (κ2) is 4.66. The summed E-state index contributed by atoms with van der Waals surface area (Å²) < 4.78 is 160. The molecule has 21 heavy (non-hydrogen) atoms. The minimum absolute atomic E-state index is 1.71. The monoisotopic (exact) mass is 346 g/mol. The van der Waals surface area contributed by atoms with Gasteiger partial charge in [-0.1, -0.05) is 6.08 Å². The van der Waals surface area contributed by atoms with Crippen molar-refractivity contribution < 1.29 is 57.1 Å². The molecule has 0 fully saturated rings. The predicted octanol–water partition coefficient (Wildman–Crippen LogP) is 5.12. The van der Waals surface area contributed by atoms with Gasteiger partial charge < -0.3 is 0 Å².